The van der Waals surface area contributed by atoms with Gasteiger partial charge in [0.15, 0.2) is 0 Å². The third kappa shape index (κ3) is 2.52. The fraction of sp³-hybridized carbons (Fsp3) is 0.400. The molecule has 0 spiro atoms. The molecular weight excluding hydrogens is 178 g/mol. The van der Waals surface area contributed by atoms with Gasteiger partial charge in [0.1, 0.15) is 12.4 Å². The molecule has 1 unspecified atom stereocenters. The minimum Gasteiger partial charge on any atom is -0.363 e. The van der Waals surface area contributed by atoms with E-state index >= 15 is 0 Å². The molecule has 0 bridgehead atoms. The lowest BCUT2D eigenvalue weighted by molar-refractivity contribution is 0.0651. The van der Waals surface area contributed by atoms with Crippen LogP contribution in [0.1, 0.15) is 5.56 Å². The standard InChI is InChI=1S/C10H11N3O/c1(9-5-12-8-13-6-9)2-10-7-11-3-4-14-10/h5-6,8,10-11H,3-4,7H2. The van der Waals surface area contributed by atoms with Gasteiger partial charge in [-0.25, -0.2) is 9.97 Å². The molecule has 14 heavy (non-hydrogen) atoms. The summed E-state index contributed by atoms with van der Waals surface area (Å²) >= 11 is 0. The van der Waals surface area contributed by atoms with E-state index in [-0.39, 0.29) is 6.10 Å². The van der Waals surface area contributed by atoms with Crippen molar-refractivity contribution in [2.24, 2.45) is 0 Å². The Morgan fingerprint density at radius 2 is 2.29 bits per heavy atom. The van der Waals surface area contributed by atoms with Crippen LogP contribution in [0.25, 0.3) is 0 Å². The molecule has 2 heterocycles. The van der Waals surface area contributed by atoms with E-state index in [1.54, 1.807) is 12.4 Å². The smallest absolute Gasteiger partial charge is 0.131 e. The number of rotatable bonds is 0. The molecule has 1 aliphatic rings. The second-order valence-corrected chi connectivity index (χ2v) is 2.96. The maximum absolute atomic E-state index is 5.42. The van der Waals surface area contributed by atoms with Crippen molar-refractivity contribution in [3.8, 4) is 11.8 Å². The topological polar surface area (TPSA) is 47.0 Å². The molecule has 0 amide bonds. The largest absolute Gasteiger partial charge is 0.363 e. The van der Waals surface area contributed by atoms with Crippen LogP contribution in [0.15, 0.2) is 18.7 Å². The van der Waals surface area contributed by atoms with Gasteiger partial charge in [0.05, 0.1) is 12.2 Å². The highest BCUT2D eigenvalue weighted by molar-refractivity contribution is 5.30. The van der Waals surface area contributed by atoms with Crippen LogP contribution in [0.3, 0.4) is 0 Å². The van der Waals surface area contributed by atoms with Crippen molar-refractivity contribution in [1.82, 2.24) is 15.3 Å². The van der Waals surface area contributed by atoms with E-state index in [2.05, 4.69) is 27.1 Å². The summed E-state index contributed by atoms with van der Waals surface area (Å²) in [6.07, 6.45) is 4.86. The molecule has 72 valence electrons. The zero-order valence-corrected chi connectivity index (χ0v) is 7.73. The highest BCUT2D eigenvalue weighted by atomic mass is 16.5. The van der Waals surface area contributed by atoms with Crippen molar-refractivity contribution in [2.75, 3.05) is 19.7 Å². The van der Waals surface area contributed by atoms with Crippen LogP contribution in [0.5, 0.6) is 0 Å². The fourth-order valence-electron chi connectivity index (χ4n) is 1.19. The predicted molar refractivity (Wildman–Crippen MR) is 51.5 cm³/mol. The van der Waals surface area contributed by atoms with Crippen LogP contribution < -0.4 is 5.32 Å². The van der Waals surface area contributed by atoms with Crippen LogP contribution in [0.2, 0.25) is 0 Å². The molecule has 1 N–H and O–H groups in total. The second kappa shape index (κ2) is 4.70. The van der Waals surface area contributed by atoms with Gasteiger partial charge in [-0.15, -0.1) is 0 Å². The number of nitrogens with zero attached hydrogens (tertiary/aromatic N) is 2. The molecule has 0 aromatic carbocycles. The Labute approximate surface area is 82.7 Å². The lowest BCUT2D eigenvalue weighted by Crippen LogP contribution is -2.37. The Bertz CT molecular complexity index is 335. The van der Waals surface area contributed by atoms with Crippen molar-refractivity contribution in [2.45, 2.75) is 6.10 Å². The van der Waals surface area contributed by atoms with E-state index in [1.165, 1.54) is 6.33 Å². The van der Waals surface area contributed by atoms with Crippen LogP contribution in [0.4, 0.5) is 0 Å². The van der Waals surface area contributed by atoms with E-state index < -0.39 is 0 Å². The van der Waals surface area contributed by atoms with Crippen molar-refractivity contribution in [3.63, 3.8) is 0 Å². The predicted octanol–water partition coefficient (Wildman–Crippen LogP) is -0.184. The molecule has 0 radical (unpaired) electrons. The minimum absolute atomic E-state index is 0.0102. The number of aromatic nitrogens is 2. The van der Waals surface area contributed by atoms with E-state index in [4.69, 9.17) is 4.74 Å². The average molecular weight is 189 g/mol. The summed E-state index contributed by atoms with van der Waals surface area (Å²) in [6, 6.07) is 0. The Morgan fingerprint density at radius 1 is 1.43 bits per heavy atom. The van der Waals surface area contributed by atoms with Crippen LogP contribution >= 0.6 is 0 Å². The van der Waals surface area contributed by atoms with Gasteiger partial charge in [-0.05, 0) is 0 Å². The van der Waals surface area contributed by atoms with Gasteiger partial charge in [-0.1, -0.05) is 11.8 Å². The summed E-state index contributed by atoms with van der Waals surface area (Å²) < 4.78 is 5.42. The fourth-order valence-corrected chi connectivity index (χ4v) is 1.19. The highest BCUT2D eigenvalue weighted by Crippen LogP contribution is 1.95. The molecule has 1 aromatic heterocycles. The Hall–Kier alpha value is -1.44. The van der Waals surface area contributed by atoms with E-state index in [1.807, 2.05) is 0 Å². The molecule has 1 fully saturated rings. The molecule has 0 aliphatic carbocycles. The van der Waals surface area contributed by atoms with Gasteiger partial charge in [0.25, 0.3) is 0 Å². The maximum Gasteiger partial charge on any atom is 0.131 e. The van der Waals surface area contributed by atoms with Gasteiger partial charge >= 0.3 is 0 Å². The number of nitrogens with one attached hydrogen (secondary N) is 1. The summed E-state index contributed by atoms with van der Waals surface area (Å²) in [4.78, 5) is 7.76. The molecule has 4 nitrogen and oxygen atoms in total. The molecule has 0 saturated carbocycles. The number of morpholine rings is 1. The third-order valence-electron chi connectivity index (χ3n) is 1.87. The van der Waals surface area contributed by atoms with Crippen molar-refractivity contribution in [3.05, 3.63) is 24.3 Å². The average Bonchev–Trinajstić information content (AvgIpc) is 2.29. The van der Waals surface area contributed by atoms with E-state index in [0.29, 0.717) is 0 Å². The first-order chi connectivity index (χ1) is 6.95. The third-order valence-corrected chi connectivity index (χ3v) is 1.87. The van der Waals surface area contributed by atoms with Crippen LogP contribution in [-0.2, 0) is 4.74 Å². The summed E-state index contributed by atoms with van der Waals surface area (Å²) in [5.41, 5.74) is 0.821. The Balaban J connectivity index is 1.99. The molecule has 4 heteroatoms. The monoisotopic (exact) mass is 189 g/mol. The zero-order valence-electron chi connectivity index (χ0n) is 7.73. The minimum atomic E-state index is -0.0102. The summed E-state index contributed by atoms with van der Waals surface area (Å²) in [6.45, 7) is 2.43. The Kier molecular flexibility index (Phi) is 3.06. The zero-order chi connectivity index (χ0) is 9.64. The van der Waals surface area contributed by atoms with E-state index in [9.17, 15) is 0 Å². The molecular formula is C10H11N3O. The van der Waals surface area contributed by atoms with E-state index in [0.717, 1.165) is 25.3 Å². The van der Waals surface area contributed by atoms with Crippen LogP contribution in [-0.4, -0.2) is 35.8 Å². The van der Waals surface area contributed by atoms with Crippen molar-refractivity contribution >= 4 is 0 Å². The first-order valence-corrected chi connectivity index (χ1v) is 4.54. The quantitative estimate of drug-likeness (QED) is 0.575. The van der Waals surface area contributed by atoms with Gasteiger partial charge in [-0.2, -0.15) is 0 Å². The SMILES string of the molecule is C(#CC1CNCCO1)c1cncnc1. The maximum atomic E-state index is 5.42. The lowest BCUT2D eigenvalue weighted by atomic mass is 10.2. The first-order valence-electron chi connectivity index (χ1n) is 4.54. The number of hydrogen-bond acceptors (Lipinski definition) is 4. The second-order valence-electron chi connectivity index (χ2n) is 2.96. The molecule has 2 rings (SSSR count). The molecule has 1 saturated heterocycles. The van der Waals surface area contributed by atoms with Gasteiger partial charge in [-0.3, -0.25) is 0 Å². The molecule has 1 aliphatic heterocycles. The first kappa shape index (κ1) is 9.13. The Morgan fingerprint density at radius 3 is 3.00 bits per heavy atom. The van der Waals surface area contributed by atoms with Gasteiger partial charge in [0.2, 0.25) is 0 Å². The lowest BCUT2D eigenvalue weighted by Gasteiger charge is -2.18. The van der Waals surface area contributed by atoms with Crippen molar-refractivity contribution < 1.29 is 4.74 Å². The summed E-state index contributed by atoms with van der Waals surface area (Å²) in [5.74, 6) is 6.00. The molecule has 1 atom stereocenters. The van der Waals surface area contributed by atoms with Crippen LogP contribution in [0, 0.1) is 11.8 Å². The number of hydrogen-bond donors (Lipinski definition) is 1. The van der Waals surface area contributed by atoms with Gasteiger partial charge in [0, 0.05) is 25.5 Å². The van der Waals surface area contributed by atoms with Crippen molar-refractivity contribution in [1.29, 1.82) is 0 Å². The highest BCUT2D eigenvalue weighted by Gasteiger charge is 2.08. The van der Waals surface area contributed by atoms with Gasteiger partial charge < -0.3 is 10.1 Å². The summed E-state index contributed by atoms with van der Waals surface area (Å²) in [5, 5.41) is 3.21. The molecule has 1 aromatic rings. The number of ether oxygens (including phenoxy) is 1. The summed E-state index contributed by atoms with van der Waals surface area (Å²) in [7, 11) is 0. The normalized spacial score (nSPS) is 21.0.